The summed E-state index contributed by atoms with van der Waals surface area (Å²) in [6, 6.07) is 12.2. The van der Waals surface area contributed by atoms with Crippen molar-refractivity contribution in [1.82, 2.24) is 34.8 Å². The second-order valence-electron chi connectivity index (χ2n) is 27.1. The smallest absolute Gasteiger partial charge is 0.508 e. The predicted molar refractivity (Wildman–Crippen MR) is 387 cm³/mol. The molecule has 1 saturated heterocycles. The van der Waals surface area contributed by atoms with E-state index in [1.165, 1.54) is 4.90 Å². The van der Waals surface area contributed by atoms with Crippen LogP contribution in [0.5, 0.6) is 5.75 Å². The summed E-state index contributed by atoms with van der Waals surface area (Å²) < 4.78 is 70.2. The molecule has 0 spiro atoms. The lowest BCUT2D eigenvalue weighted by molar-refractivity contribution is -0.175. The van der Waals surface area contributed by atoms with Crippen LogP contribution in [0.1, 0.15) is 145 Å². The molecule has 584 valence electrons. The molecule has 3 aromatic heterocycles. The maximum atomic E-state index is 14.1. The molecular formula is C77H104N8O22. The molecule has 3 atom stereocenters. The van der Waals surface area contributed by atoms with Crippen LogP contribution in [0.3, 0.4) is 0 Å². The number of amides is 4. The SMILES string of the molecule is CCCCCC(NC(=O)COCC(=O)CCCOCCOCCOCCOCCOCCOCCOCCOCCn1cc(CCC(=O)C2CCC(CN3C(=O)CC(C)C3=O)CC2)nn1)C(=O)Nc1ccc(COC(=O)OC2(CC)C(=O)OCc3c2cc2n(c3=O)Cc3c-2nc2ccc(O)cc2c3CC)cc1. The van der Waals surface area contributed by atoms with Gasteiger partial charge in [-0.2, -0.15) is 0 Å². The topological polar surface area (TPSA) is 360 Å². The van der Waals surface area contributed by atoms with Crippen molar-refractivity contribution in [2.24, 2.45) is 17.8 Å². The third-order valence-corrected chi connectivity index (χ3v) is 19.4. The molecule has 2 fully saturated rings. The van der Waals surface area contributed by atoms with E-state index in [4.69, 9.17) is 61.8 Å². The molecule has 3 N–H and O–H groups in total. The molecule has 107 heavy (non-hydrogen) atoms. The number of likely N-dealkylation sites (tertiary alicyclic amines) is 1. The first-order valence-corrected chi connectivity index (χ1v) is 37.6. The summed E-state index contributed by atoms with van der Waals surface area (Å²) in [5.41, 5.74) is 3.06. The number of rotatable bonds is 50. The number of hydrogen-bond donors (Lipinski definition) is 3. The van der Waals surface area contributed by atoms with Gasteiger partial charge in [0.1, 0.15) is 44.0 Å². The molecule has 3 aliphatic heterocycles. The fraction of sp³-hybridized carbons (Fsp3) is 0.610. The minimum Gasteiger partial charge on any atom is -0.508 e. The Morgan fingerprint density at radius 2 is 1.36 bits per heavy atom. The highest BCUT2D eigenvalue weighted by Crippen LogP contribution is 2.43. The Morgan fingerprint density at radius 3 is 1.98 bits per heavy atom. The van der Waals surface area contributed by atoms with Crippen molar-refractivity contribution in [2.75, 3.05) is 131 Å². The number of unbranched alkanes of at least 4 members (excludes halogenated alkanes) is 2. The molecule has 1 aliphatic carbocycles. The van der Waals surface area contributed by atoms with Gasteiger partial charge in [-0.05, 0) is 105 Å². The largest absolute Gasteiger partial charge is 0.510 e. The maximum absolute atomic E-state index is 14.1. The zero-order valence-corrected chi connectivity index (χ0v) is 62.1. The number of hydrogen-bond acceptors (Lipinski definition) is 25. The molecular weight excluding hydrogens is 1390 g/mol. The molecule has 6 heterocycles. The fourth-order valence-corrected chi connectivity index (χ4v) is 13.5. The molecule has 30 heteroatoms. The molecule has 5 aromatic rings. The number of nitrogens with zero attached hydrogens (tertiary/aromatic N) is 6. The Kier molecular flexibility index (Phi) is 33.1. The number of benzene rings is 2. The van der Waals surface area contributed by atoms with Crippen LogP contribution in [-0.2, 0) is 135 Å². The summed E-state index contributed by atoms with van der Waals surface area (Å²) in [4.78, 5) is 124. The Bertz CT molecular complexity index is 3840. The Hall–Kier alpha value is -8.46. The number of esters is 1. The molecule has 9 rings (SSSR count). The van der Waals surface area contributed by atoms with Crippen LogP contribution in [0.25, 0.3) is 22.3 Å². The van der Waals surface area contributed by atoms with E-state index in [1.807, 2.05) is 20.0 Å². The second-order valence-corrected chi connectivity index (χ2v) is 27.1. The minimum atomic E-state index is -2.00. The Morgan fingerprint density at radius 1 is 0.720 bits per heavy atom. The van der Waals surface area contributed by atoms with Crippen LogP contribution in [0, 0.1) is 17.8 Å². The second kappa shape index (κ2) is 42.9. The molecule has 0 bridgehead atoms. The van der Waals surface area contributed by atoms with Crippen LogP contribution >= 0.6 is 0 Å². The van der Waals surface area contributed by atoms with E-state index in [2.05, 4.69) is 20.9 Å². The van der Waals surface area contributed by atoms with Gasteiger partial charge < -0.3 is 77.1 Å². The van der Waals surface area contributed by atoms with Crippen LogP contribution in [-0.4, -0.2) is 213 Å². The van der Waals surface area contributed by atoms with E-state index >= 15 is 0 Å². The number of anilines is 1. The van der Waals surface area contributed by atoms with Gasteiger partial charge in [0.05, 0.1) is 140 Å². The fourth-order valence-electron chi connectivity index (χ4n) is 13.5. The molecule has 4 amide bonds. The van der Waals surface area contributed by atoms with Gasteiger partial charge in [-0.3, -0.25) is 38.5 Å². The van der Waals surface area contributed by atoms with Crippen molar-refractivity contribution < 1.29 is 100 Å². The summed E-state index contributed by atoms with van der Waals surface area (Å²) in [5.74, 6) is -1.83. The number of ether oxygens (including phenoxy) is 12. The highest BCUT2D eigenvalue weighted by atomic mass is 16.7. The van der Waals surface area contributed by atoms with Gasteiger partial charge in [-0.1, -0.05) is 64.3 Å². The summed E-state index contributed by atoms with van der Waals surface area (Å²) in [6.45, 7) is 13.9. The predicted octanol–water partition coefficient (Wildman–Crippen LogP) is 7.21. The lowest BCUT2D eigenvalue weighted by Crippen LogP contribution is -2.47. The lowest BCUT2D eigenvalue weighted by atomic mass is 9.79. The normalized spacial score (nSPS) is 17.7. The van der Waals surface area contributed by atoms with Gasteiger partial charge in [0.25, 0.3) is 5.56 Å². The standard InChI is InChI=1S/C77H104N8O22/c1-5-8-9-12-66(72(91)78-56-19-15-54(16-20-56)48-106-76(95)107-77(7-3)64-44-67-71-62(47-84(67)74(93)63(64)50-105-75(77)94)60(6-2)61-43-58(86)22-23-65(61)80-71)79-69(89)51-104-49-59(87)11-10-26-96-28-30-98-32-34-100-36-38-102-40-41-103-39-37-101-35-33-99-31-29-97-27-25-83-46-57(81-82-83)21-24-68(88)55-17-13-53(14-18-55)45-85-70(90)42-52(4)73(85)92/h15-16,19-20,22-23,43-44,46,52-53,55,66,86H,5-14,17-18,21,24-42,45,47-51H2,1-4H3,(H,78,91)(H,79,89). The average Bonchev–Trinajstić information content (AvgIpc) is 1.61. The van der Waals surface area contributed by atoms with Gasteiger partial charge in [0.2, 0.25) is 29.2 Å². The number of pyridine rings is 2. The molecule has 4 aliphatic rings. The molecule has 2 aromatic carbocycles. The summed E-state index contributed by atoms with van der Waals surface area (Å²) >= 11 is 0. The molecule has 30 nitrogen and oxygen atoms in total. The monoisotopic (exact) mass is 1490 g/mol. The van der Waals surface area contributed by atoms with Crippen LogP contribution in [0.15, 0.2) is 59.5 Å². The van der Waals surface area contributed by atoms with Crippen LogP contribution < -0.4 is 16.2 Å². The third kappa shape index (κ3) is 24.3. The van der Waals surface area contributed by atoms with Gasteiger partial charge in [0, 0.05) is 79.1 Å². The van der Waals surface area contributed by atoms with Gasteiger partial charge in [-0.25, -0.2) is 19.3 Å². The zero-order chi connectivity index (χ0) is 75.9. The van der Waals surface area contributed by atoms with Crippen molar-refractivity contribution in [1.29, 1.82) is 0 Å². The van der Waals surface area contributed by atoms with E-state index in [9.17, 15) is 48.3 Å². The van der Waals surface area contributed by atoms with E-state index in [0.29, 0.717) is 192 Å². The van der Waals surface area contributed by atoms with E-state index in [-0.39, 0.29) is 97.2 Å². The average molecular weight is 1490 g/mol. The van der Waals surface area contributed by atoms with Crippen molar-refractivity contribution >= 4 is 63.9 Å². The maximum Gasteiger partial charge on any atom is 0.510 e. The first-order chi connectivity index (χ1) is 52.0. The molecule has 3 unspecified atom stereocenters. The molecule has 0 radical (unpaired) electrons. The van der Waals surface area contributed by atoms with Crippen molar-refractivity contribution in [3.05, 3.63) is 98.6 Å². The number of phenols is 1. The number of ketones is 2. The first-order valence-electron chi connectivity index (χ1n) is 37.6. The highest BCUT2D eigenvalue weighted by Gasteiger charge is 2.51. The lowest BCUT2D eigenvalue weighted by Gasteiger charge is -2.35. The van der Waals surface area contributed by atoms with Crippen molar-refractivity contribution in [3.8, 4) is 17.1 Å². The number of phenolic OH excluding ortho intramolecular Hbond substituents is 1. The van der Waals surface area contributed by atoms with Crippen LogP contribution in [0.4, 0.5) is 10.5 Å². The number of imide groups is 1. The minimum absolute atomic E-state index is 0.0138. The quantitative estimate of drug-likeness (QED) is 0.0193. The number of fused-ring (bicyclic) bond motifs is 5. The number of nitrogens with one attached hydrogen (secondary N) is 2. The number of carbonyl (C=O) groups is 8. The molecule has 1 saturated carbocycles. The van der Waals surface area contributed by atoms with E-state index in [1.54, 1.807) is 71.6 Å². The zero-order valence-electron chi connectivity index (χ0n) is 62.1. The van der Waals surface area contributed by atoms with Gasteiger partial charge in [0.15, 0.2) is 5.78 Å². The summed E-state index contributed by atoms with van der Waals surface area (Å²) in [6.07, 6.45) is 9.14. The van der Waals surface area contributed by atoms with Gasteiger partial charge in [-0.15, -0.1) is 5.10 Å². The Balaban J connectivity index is 0.527. The van der Waals surface area contributed by atoms with Crippen molar-refractivity contribution in [2.45, 2.75) is 162 Å². The Labute approximate surface area is 622 Å². The van der Waals surface area contributed by atoms with Gasteiger partial charge >= 0.3 is 12.1 Å². The summed E-state index contributed by atoms with van der Waals surface area (Å²) in [7, 11) is 0. The number of aromatic hydroxyl groups is 1. The number of Topliss-reactive ketones (excluding diaryl/α,β-unsaturated/α-hetero) is 2. The van der Waals surface area contributed by atoms with E-state index in [0.717, 1.165) is 60.7 Å². The highest BCUT2D eigenvalue weighted by molar-refractivity contribution is 6.03. The van der Waals surface area contributed by atoms with Crippen LogP contribution in [0.2, 0.25) is 0 Å². The van der Waals surface area contributed by atoms with E-state index < -0.39 is 47.7 Å². The number of aryl methyl sites for hydroxylation is 2. The number of aromatic nitrogens is 5. The summed E-state index contributed by atoms with van der Waals surface area (Å²) in [5, 5.41) is 25.0. The number of carbonyl (C=O) groups excluding carboxylic acids is 8. The van der Waals surface area contributed by atoms with Crippen molar-refractivity contribution in [3.63, 3.8) is 0 Å². The third-order valence-electron chi connectivity index (χ3n) is 19.4. The number of cyclic esters (lactones) is 1. The first kappa shape index (κ1) is 82.6.